The van der Waals surface area contributed by atoms with Crippen molar-refractivity contribution in [2.75, 3.05) is 19.8 Å². The van der Waals surface area contributed by atoms with Gasteiger partial charge in [0, 0.05) is 16.6 Å². The third-order valence-electron chi connectivity index (χ3n) is 2.19. The lowest BCUT2D eigenvalue weighted by Crippen LogP contribution is -2.28. The zero-order chi connectivity index (χ0) is 13.5. The number of benzene rings is 1. The van der Waals surface area contributed by atoms with E-state index in [9.17, 15) is 9.59 Å². The van der Waals surface area contributed by atoms with Gasteiger partial charge in [-0.05, 0) is 30.7 Å². The van der Waals surface area contributed by atoms with Crippen LogP contribution < -0.4 is 5.32 Å². The third-order valence-corrected chi connectivity index (χ3v) is 2.68. The summed E-state index contributed by atoms with van der Waals surface area (Å²) in [6.45, 7) is 1.95. The van der Waals surface area contributed by atoms with Crippen LogP contribution in [0.15, 0.2) is 22.7 Å². The zero-order valence-corrected chi connectivity index (χ0v) is 11.5. The van der Waals surface area contributed by atoms with Crippen LogP contribution in [0.3, 0.4) is 0 Å². The summed E-state index contributed by atoms with van der Waals surface area (Å²) < 4.78 is 5.73. The molecule has 0 bridgehead atoms. The molecule has 0 aliphatic heterocycles. The van der Waals surface area contributed by atoms with Crippen LogP contribution in [0.4, 0.5) is 0 Å². The Balaban J connectivity index is 2.39. The summed E-state index contributed by atoms with van der Waals surface area (Å²) in [5, 5.41) is 11.0. The summed E-state index contributed by atoms with van der Waals surface area (Å²) in [7, 11) is 0. The molecule has 0 saturated carbocycles. The van der Waals surface area contributed by atoms with Gasteiger partial charge >= 0.3 is 5.97 Å². The molecule has 0 unspecified atom stereocenters. The van der Waals surface area contributed by atoms with E-state index in [2.05, 4.69) is 21.2 Å². The lowest BCUT2D eigenvalue weighted by atomic mass is 10.1. The number of carbonyl (C=O) groups is 2. The Hall–Kier alpha value is -1.40. The van der Waals surface area contributed by atoms with Gasteiger partial charge in [0.05, 0.1) is 6.61 Å². The smallest absolute Gasteiger partial charge is 0.329 e. The van der Waals surface area contributed by atoms with Crippen molar-refractivity contribution in [1.82, 2.24) is 5.32 Å². The number of halogens is 1. The van der Waals surface area contributed by atoms with Gasteiger partial charge in [0.2, 0.25) is 0 Å². The number of aliphatic carboxylic acids is 1. The number of carboxylic acid groups (broad SMARTS) is 1. The van der Waals surface area contributed by atoms with Crippen molar-refractivity contribution in [2.45, 2.75) is 6.92 Å². The van der Waals surface area contributed by atoms with Crippen molar-refractivity contribution in [1.29, 1.82) is 0 Å². The monoisotopic (exact) mass is 315 g/mol. The Labute approximate surface area is 113 Å². The fourth-order valence-electron chi connectivity index (χ4n) is 1.37. The van der Waals surface area contributed by atoms with E-state index in [4.69, 9.17) is 9.84 Å². The maximum Gasteiger partial charge on any atom is 0.329 e. The average Bonchev–Trinajstić information content (AvgIpc) is 2.27. The molecule has 0 spiro atoms. The molecular weight excluding hydrogens is 302 g/mol. The molecule has 18 heavy (non-hydrogen) atoms. The highest BCUT2D eigenvalue weighted by atomic mass is 79.9. The quantitative estimate of drug-likeness (QED) is 0.782. The molecule has 1 aromatic rings. The van der Waals surface area contributed by atoms with Gasteiger partial charge in [-0.25, -0.2) is 4.79 Å². The molecule has 0 aliphatic rings. The fraction of sp³-hybridized carbons (Fsp3) is 0.333. The van der Waals surface area contributed by atoms with E-state index >= 15 is 0 Å². The molecule has 0 atom stereocenters. The van der Waals surface area contributed by atoms with Crippen molar-refractivity contribution in [3.05, 3.63) is 33.8 Å². The van der Waals surface area contributed by atoms with Gasteiger partial charge in [-0.15, -0.1) is 0 Å². The molecule has 1 aromatic carbocycles. The number of hydrogen-bond acceptors (Lipinski definition) is 3. The maximum absolute atomic E-state index is 11.8. The highest BCUT2D eigenvalue weighted by Gasteiger charge is 2.08. The molecule has 2 N–H and O–H groups in total. The van der Waals surface area contributed by atoms with E-state index < -0.39 is 5.97 Å². The highest BCUT2D eigenvalue weighted by molar-refractivity contribution is 9.10. The first-order valence-corrected chi connectivity index (χ1v) is 6.14. The topological polar surface area (TPSA) is 75.6 Å². The second-order valence-electron chi connectivity index (χ2n) is 3.66. The Kier molecular flexibility index (Phi) is 5.80. The van der Waals surface area contributed by atoms with Gasteiger partial charge in [0.1, 0.15) is 6.61 Å². The van der Waals surface area contributed by atoms with Crippen LogP contribution in [0.5, 0.6) is 0 Å². The standard InChI is InChI=1S/C12H14BrNO4/c1-8-6-9(13)2-3-10(8)12(17)14-4-5-18-7-11(15)16/h2-3,6H,4-5,7H2,1H3,(H,14,17)(H,15,16). The second-order valence-corrected chi connectivity index (χ2v) is 4.58. The molecule has 0 aliphatic carbocycles. The number of nitrogens with one attached hydrogen (secondary N) is 1. The number of ether oxygens (including phenoxy) is 1. The number of carbonyl (C=O) groups excluding carboxylic acids is 1. The van der Waals surface area contributed by atoms with E-state index in [1.807, 2.05) is 13.0 Å². The van der Waals surface area contributed by atoms with Crippen molar-refractivity contribution < 1.29 is 19.4 Å². The van der Waals surface area contributed by atoms with Crippen molar-refractivity contribution in [2.24, 2.45) is 0 Å². The first-order valence-electron chi connectivity index (χ1n) is 5.34. The molecule has 0 aromatic heterocycles. The van der Waals surface area contributed by atoms with Crippen molar-refractivity contribution >= 4 is 27.8 Å². The lowest BCUT2D eigenvalue weighted by Gasteiger charge is -2.08. The van der Waals surface area contributed by atoms with Gasteiger partial charge in [-0.1, -0.05) is 15.9 Å². The molecule has 98 valence electrons. The molecule has 1 rings (SSSR count). The lowest BCUT2D eigenvalue weighted by molar-refractivity contribution is -0.142. The number of aryl methyl sites for hydroxylation is 1. The zero-order valence-electron chi connectivity index (χ0n) is 9.90. The first kappa shape index (κ1) is 14.7. The first-order chi connectivity index (χ1) is 8.50. The van der Waals surface area contributed by atoms with Crippen LogP contribution in [-0.2, 0) is 9.53 Å². The minimum Gasteiger partial charge on any atom is -0.480 e. The van der Waals surface area contributed by atoms with E-state index in [1.54, 1.807) is 12.1 Å². The predicted octanol–water partition coefficient (Wildman–Crippen LogP) is 1.59. The van der Waals surface area contributed by atoms with Gasteiger partial charge < -0.3 is 15.2 Å². The van der Waals surface area contributed by atoms with Gasteiger partial charge in [-0.3, -0.25) is 4.79 Å². The average molecular weight is 316 g/mol. The summed E-state index contributed by atoms with van der Waals surface area (Å²) in [5.74, 6) is -1.22. The Morgan fingerprint density at radius 3 is 2.78 bits per heavy atom. The number of amides is 1. The summed E-state index contributed by atoms with van der Waals surface area (Å²) in [6, 6.07) is 5.38. The number of carboxylic acids is 1. The van der Waals surface area contributed by atoms with Gasteiger partial charge in [0.15, 0.2) is 0 Å². The van der Waals surface area contributed by atoms with Gasteiger partial charge in [0.25, 0.3) is 5.91 Å². The molecule has 0 saturated heterocycles. The number of hydrogen-bond donors (Lipinski definition) is 2. The van der Waals surface area contributed by atoms with Crippen molar-refractivity contribution in [3.63, 3.8) is 0 Å². The van der Waals surface area contributed by atoms with E-state index in [0.29, 0.717) is 5.56 Å². The molecule has 5 nitrogen and oxygen atoms in total. The van der Waals surface area contributed by atoms with E-state index in [0.717, 1.165) is 10.0 Å². The van der Waals surface area contributed by atoms with Crippen LogP contribution in [0.25, 0.3) is 0 Å². The Morgan fingerprint density at radius 1 is 1.44 bits per heavy atom. The minimum atomic E-state index is -1.02. The fourth-order valence-corrected chi connectivity index (χ4v) is 1.85. The van der Waals surface area contributed by atoms with Crippen LogP contribution in [0.1, 0.15) is 15.9 Å². The van der Waals surface area contributed by atoms with Crippen molar-refractivity contribution in [3.8, 4) is 0 Å². The van der Waals surface area contributed by atoms with Crippen LogP contribution in [0, 0.1) is 6.92 Å². The number of rotatable bonds is 6. The minimum absolute atomic E-state index is 0.174. The molecular formula is C12H14BrNO4. The molecule has 0 heterocycles. The summed E-state index contributed by atoms with van der Waals surface area (Å²) >= 11 is 3.32. The summed E-state index contributed by atoms with van der Waals surface area (Å²) in [5.41, 5.74) is 1.46. The van der Waals surface area contributed by atoms with Crippen LogP contribution >= 0.6 is 15.9 Å². The second kappa shape index (κ2) is 7.13. The predicted molar refractivity (Wildman–Crippen MR) is 69.7 cm³/mol. The summed E-state index contributed by atoms with van der Waals surface area (Å²) in [4.78, 5) is 22.0. The van der Waals surface area contributed by atoms with Crippen LogP contribution in [-0.4, -0.2) is 36.7 Å². The third kappa shape index (κ3) is 4.85. The van der Waals surface area contributed by atoms with E-state index in [1.165, 1.54) is 0 Å². The summed E-state index contributed by atoms with van der Waals surface area (Å²) in [6.07, 6.45) is 0. The SMILES string of the molecule is Cc1cc(Br)ccc1C(=O)NCCOCC(=O)O. The maximum atomic E-state index is 11.8. The normalized spacial score (nSPS) is 10.1. The Morgan fingerprint density at radius 2 is 2.17 bits per heavy atom. The molecule has 0 fully saturated rings. The Bertz CT molecular complexity index is 448. The van der Waals surface area contributed by atoms with Crippen LogP contribution in [0.2, 0.25) is 0 Å². The molecule has 0 radical (unpaired) electrons. The van der Waals surface area contributed by atoms with E-state index in [-0.39, 0.29) is 25.7 Å². The largest absolute Gasteiger partial charge is 0.480 e. The highest BCUT2D eigenvalue weighted by Crippen LogP contribution is 2.15. The van der Waals surface area contributed by atoms with Gasteiger partial charge in [-0.2, -0.15) is 0 Å². The molecule has 6 heteroatoms. The molecule has 1 amide bonds.